The van der Waals surface area contributed by atoms with E-state index in [0.717, 1.165) is 0 Å². The summed E-state index contributed by atoms with van der Waals surface area (Å²) in [5.74, 6) is -4.79. The standard InChI is InChI=1S/C44H80N2O18/c1-15-28-44(10,55)36(51)22(4)30(45-64-35-33(50)32(49)27(19-47)60-41(35)56-13)20(2)17-42(8,54)38(63-40-31(48)26(46(11)12)16-21(3)58-40)23(5)34(24(6)39(53)61-28)62-29-18-43(9,57-14)37(52)25(7)59-29/h20-29,31-38,40-41,47-52,54-55H,15-19H2,1-14H3/b45-30+/t20-,21-,22+,23+,24-,25+,26+,27-,28+,29+,31-,32-,33+,34+,35+,36-,37+,38-,40+,41-,42-,43-,44-/m1/s1. The normalized spacial score (nSPS) is 49.9. The largest absolute Gasteiger partial charge is 0.459 e. The molecule has 20 heteroatoms. The molecule has 0 unspecified atom stereocenters. The highest BCUT2D eigenvalue weighted by Crippen LogP contribution is 2.41. The van der Waals surface area contributed by atoms with Gasteiger partial charge in [-0.05, 0) is 74.9 Å². The molecule has 0 aromatic rings. The average molecular weight is 925 g/mol. The van der Waals surface area contributed by atoms with Gasteiger partial charge in [0.2, 0.25) is 6.10 Å². The van der Waals surface area contributed by atoms with Gasteiger partial charge in [0.05, 0.1) is 60.0 Å². The Morgan fingerprint density at radius 2 is 1.45 bits per heavy atom. The molecule has 4 aliphatic rings. The fraction of sp³-hybridized carbons (Fsp3) is 0.955. The van der Waals surface area contributed by atoms with Crippen molar-refractivity contribution in [3.63, 3.8) is 0 Å². The lowest BCUT2D eigenvalue weighted by molar-refractivity contribution is -0.318. The summed E-state index contributed by atoms with van der Waals surface area (Å²) in [6, 6.07) is -0.388. The molecule has 4 saturated heterocycles. The molecule has 4 aliphatic heterocycles. The number of rotatable bonds is 11. The molecule has 8 N–H and O–H groups in total. The lowest BCUT2D eigenvalue weighted by Gasteiger charge is -2.49. The zero-order valence-corrected chi connectivity index (χ0v) is 40.1. The Kier molecular flexibility index (Phi) is 19.0. The van der Waals surface area contributed by atoms with Gasteiger partial charge in [0.1, 0.15) is 42.2 Å². The maximum absolute atomic E-state index is 14.5. The van der Waals surface area contributed by atoms with Crippen molar-refractivity contribution in [2.75, 3.05) is 34.9 Å². The third-order valence-corrected chi connectivity index (χ3v) is 14.2. The number of aliphatic hydroxyl groups excluding tert-OH is 6. The van der Waals surface area contributed by atoms with E-state index in [2.05, 4.69) is 5.16 Å². The Morgan fingerprint density at radius 1 is 0.812 bits per heavy atom. The molecular formula is C44H80N2O18. The van der Waals surface area contributed by atoms with E-state index in [0.29, 0.717) is 6.42 Å². The third-order valence-electron chi connectivity index (χ3n) is 14.2. The van der Waals surface area contributed by atoms with Crippen LogP contribution in [0.15, 0.2) is 5.16 Å². The van der Waals surface area contributed by atoms with Crippen LogP contribution in [-0.4, -0.2) is 207 Å². The molecule has 374 valence electrons. The molecule has 0 aromatic carbocycles. The molecule has 23 atom stereocenters. The van der Waals surface area contributed by atoms with Crippen LogP contribution in [0.5, 0.6) is 0 Å². The van der Waals surface area contributed by atoms with Crippen molar-refractivity contribution in [1.29, 1.82) is 0 Å². The number of oxime groups is 1. The molecule has 0 aromatic heterocycles. The van der Waals surface area contributed by atoms with Crippen LogP contribution in [0.2, 0.25) is 0 Å². The number of esters is 1. The van der Waals surface area contributed by atoms with Crippen molar-refractivity contribution in [3.8, 4) is 0 Å². The minimum Gasteiger partial charge on any atom is -0.459 e. The summed E-state index contributed by atoms with van der Waals surface area (Å²) >= 11 is 0. The van der Waals surface area contributed by atoms with Gasteiger partial charge in [-0.3, -0.25) is 4.79 Å². The number of cyclic esters (lactones) is 1. The Bertz CT molecular complexity index is 1520. The summed E-state index contributed by atoms with van der Waals surface area (Å²) in [4.78, 5) is 22.2. The molecule has 0 bridgehead atoms. The molecule has 4 fully saturated rings. The summed E-state index contributed by atoms with van der Waals surface area (Å²) in [5.41, 5.74) is -5.04. The van der Waals surface area contributed by atoms with E-state index in [1.165, 1.54) is 28.1 Å². The van der Waals surface area contributed by atoms with E-state index >= 15 is 0 Å². The monoisotopic (exact) mass is 925 g/mol. The van der Waals surface area contributed by atoms with Crippen molar-refractivity contribution in [2.24, 2.45) is 28.8 Å². The SMILES string of the molecule is CC[C@@H]1OC(=O)[C@H](C)[C@@H](O[C@H]2C[C@@](C)(OC)[C@@H](O)[C@H](C)O2)[C@H](C)[C@@H](O[C@@H]2O[C@H](C)C[C@H](N(C)C)[C@H]2O)[C@](C)(O)C[C@@H](C)/C(=N\O[C@@H]2[C@H](OC)O[C@H](CO)[C@@H](O)[C@@H]2O)[C@H](C)[C@@H](O)[C@]1(C)O. The van der Waals surface area contributed by atoms with Crippen molar-refractivity contribution in [2.45, 2.75) is 210 Å². The maximum atomic E-state index is 14.5. The molecule has 0 aliphatic carbocycles. The Morgan fingerprint density at radius 3 is 2.02 bits per heavy atom. The van der Waals surface area contributed by atoms with Crippen molar-refractivity contribution < 1.29 is 88.4 Å². The lowest BCUT2D eigenvalue weighted by Crippen LogP contribution is -2.61. The van der Waals surface area contributed by atoms with Crippen LogP contribution in [0.4, 0.5) is 0 Å². The number of likely N-dealkylation sites (N-methyl/N-ethyl adjacent to an activating group) is 1. The van der Waals surface area contributed by atoms with E-state index in [9.17, 15) is 45.6 Å². The van der Waals surface area contributed by atoms with Crippen LogP contribution >= 0.6 is 0 Å². The number of carbonyl (C=O) groups excluding carboxylic acids is 1. The molecule has 0 amide bonds. The van der Waals surface area contributed by atoms with Crippen molar-refractivity contribution in [1.82, 2.24) is 4.90 Å². The smallest absolute Gasteiger partial charge is 0.311 e. The van der Waals surface area contributed by atoms with Crippen LogP contribution in [0.3, 0.4) is 0 Å². The van der Waals surface area contributed by atoms with Gasteiger partial charge in [-0.25, -0.2) is 0 Å². The predicted octanol–water partition coefficient (Wildman–Crippen LogP) is 0.0431. The molecule has 20 nitrogen and oxygen atoms in total. The minimum atomic E-state index is -2.11. The first-order chi connectivity index (χ1) is 29.7. The molecular weight excluding hydrogens is 844 g/mol. The second kappa shape index (κ2) is 22.2. The predicted molar refractivity (Wildman–Crippen MR) is 228 cm³/mol. The van der Waals surface area contributed by atoms with Crippen molar-refractivity contribution in [3.05, 3.63) is 0 Å². The molecule has 64 heavy (non-hydrogen) atoms. The van der Waals surface area contributed by atoms with Gasteiger partial charge in [-0.2, -0.15) is 0 Å². The summed E-state index contributed by atoms with van der Waals surface area (Å²) < 4.78 is 48.7. The fourth-order valence-electron chi connectivity index (χ4n) is 10.1. The second-order valence-electron chi connectivity index (χ2n) is 19.6. The van der Waals surface area contributed by atoms with Crippen LogP contribution in [0.25, 0.3) is 0 Å². The van der Waals surface area contributed by atoms with Crippen LogP contribution < -0.4 is 0 Å². The van der Waals surface area contributed by atoms with E-state index < -0.39 is 139 Å². The lowest BCUT2D eigenvalue weighted by atomic mass is 9.73. The summed E-state index contributed by atoms with van der Waals surface area (Å²) in [6.45, 7) is 15.7. The van der Waals surface area contributed by atoms with Gasteiger partial charge in [-0.1, -0.05) is 32.9 Å². The number of methoxy groups -OCH3 is 2. The van der Waals surface area contributed by atoms with Crippen LogP contribution in [0.1, 0.15) is 94.9 Å². The van der Waals surface area contributed by atoms with E-state index in [4.69, 9.17) is 42.7 Å². The number of ether oxygens (including phenoxy) is 8. The Balaban J connectivity index is 1.90. The molecule has 0 radical (unpaired) electrons. The van der Waals surface area contributed by atoms with Gasteiger partial charge in [0.25, 0.3) is 0 Å². The fourth-order valence-corrected chi connectivity index (χ4v) is 10.1. The summed E-state index contributed by atoms with van der Waals surface area (Å²) in [6.07, 6.45) is -17.8. The Labute approximate surface area is 378 Å². The van der Waals surface area contributed by atoms with Crippen LogP contribution in [-0.2, 0) is 47.5 Å². The molecule has 0 saturated carbocycles. The highest BCUT2D eigenvalue weighted by Gasteiger charge is 2.54. The number of aliphatic hydroxyl groups is 8. The topological polar surface area (TPSA) is 278 Å². The first-order valence-electron chi connectivity index (χ1n) is 22.6. The van der Waals surface area contributed by atoms with Gasteiger partial charge in [-0.15, -0.1) is 0 Å². The first kappa shape index (κ1) is 54.9. The highest BCUT2D eigenvalue weighted by atomic mass is 16.7. The zero-order chi connectivity index (χ0) is 48.4. The maximum Gasteiger partial charge on any atom is 0.311 e. The highest BCUT2D eigenvalue weighted by molar-refractivity contribution is 5.88. The quantitative estimate of drug-likeness (QED) is 0.100. The molecule has 4 heterocycles. The first-order valence-corrected chi connectivity index (χ1v) is 22.6. The van der Waals surface area contributed by atoms with E-state index in [1.807, 2.05) is 25.9 Å². The Hall–Kier alpha value is -1.70. The number of hydrogen-bond donors (Lipinski definition) is 8. The van der Waals surface area contributed by atoms with Gasteiger partial charge < -0.3 is 88.5 Å². The number of carbonyl (C=O) groups is 1. The van der Waals surface area contributed by atoms with E-state index in [1.54, 1.807) is 48.5 Å². The second-order valence-corrected chi connectivity index (χ2v) is 19.6. The number of nitrogens with zero attached hydrogens (tertiary/aromatic N) is 2. The average Bonchev–Trinajstić information content (AvgIpc) is 3.23. The van der Waals surface area contributed by atoms with Crippen molar-refractivity contribution >= 4 is 11.7 Å². The van der Waals surface area contributed by atoms with Gasteiger partial charge in [0.15, 0.2) is 18.9 Å². The summed E-state index contributed by atoms with van der Waals surface area (Å²) in [7, 11) is 6.40. The number of hydrogen-bond acceptors (Lipinski definition) is 20. The molecule has 0 spiro atoms. The van der Waals surface area contributed by atoms with Gasteiger partial charge >= 0.3 is 5.97 Å². The van der Waals surface area contributed by atoms with E-state index in [-0.39, 0.29) is 37.1 Å². The zero-order valence-electron chi connectivity index (χ0n) is 40.1. The van der Waals surface area contributed by atoms with Crippen LogP contribution in [0, 0.1) is 23.7 Å². The molecule has 4 rings (SSSR count). The summed E-state index contributed by atoms with van der Waals surface area (Å²) in [5, 5.41) is 95.8. The minimum absolute atomic E-state index is 0.0456. The van der Waals surface area contributed by atoms with Gasteiger partial charge in [0, 0.05) is 44.4 Å². The third kappa shape index (κ3) is 11.8.